The maximum absolute atomic E-state index is 11.2. The number of sulfone groups is 1. The van der Waals surface area contributed by atoms with Crippen molar-refractivity contribution in [2.24, 2.45) is 0 Å². The third-order valence-corrected chi connectivity index (χ3v) is 6.70. The molecule has 0 fully saturated rings. The molecule has 0 aliphatic carbocycles. The largest absolute Gasteiger partial charge is 0.476 e. The Morgan fingerprint density at radius 3 is 2.68 bits per heavy atom. The van der Waals surface area contributed by atoms with Crippen LogP contribution in [0.15, 0.2) is 73.3 Å². The molecule has 0 atom stereocenters. The molecule has 5 rings (SSSR count). The highest BCUT2D eigenvalue weighted by Crippen LogP contribution is 2.27. The van der Waals surface area contributed by atoms with Crippen molar-refractivity contribution in [2.75, 3.05) is 37.0 Å². The first-order valence-electron chi connectivity index (χ1n) is 11.8. The van der Waals surface area contributed by atoms with Crippen molar-refractivity contribution >= 4 is 43.1 Å². The van der Waals surface area contributed by atoms with E-state index in [1.54, 1.807) is 12.3 Å². The number of ether oxygens (including phenoxy) is 1. The molecule has 11 heteroatoms. The van der Waals surface area contributed by atoms with E-state index in [0.29, 0.717) is 43.5 Å². The van der Waals surface area contributed by atoms with Crippen molar-refractivity contribution in [2.45, 2.75) is 6.54 Å². The van der Waals surface area contributed by atoms with Crippen LogP contribution in [0.1, 0.15) is 5.56 Å². The second kappa shape index (κ2) is 10.9. The molecule has 5 aromatic rings. The average molecular weight is 518 g/mol. The average Bonchev–Trinajstić information content (AvgIpc) is 3.28. The van der Waals surface area contributed by atoms with Crippen molar-refractivity contribution in [1.82, 2.24) is 30.0 Å². The highest BCUT2D eigenvalue weighted by Gasteiger charge is 2.10. The predicted octanol–water partition coefficient (Wildman–Crippen LogP) is 3.18. The van der Waals surface area contributed by atoms with Crippen LogP contribution in [0.5, 0.6) is 5.88 Å². The molecule has 0 radical (unpaired) electrons. The van der Waals surface area contributed by atoms with Gasteiger partial charge in [-0.25, -0.2) is 23.4 Å². The maximum Gasteiger partial charge on any atom is 0.214 e. The van der Waals surface area contributed by atoms with Gasteiger partial charge in [0.05, 0.1) is 35.7 Å². The first kappa shape index (κ1) is 24.6. The zero-order valence-electron chi connectivity index (χ0n) is 20.3. The second-order valence-electron chi connectivity index (χ2n) is 8.68. The van der Waals surface area contributed by atoms with Gasteiger partial charge in [-0.3, -0.25) is 4.68 Å². The Kier molecular flexibility index (Phi) is 7.24. The molecular weight excluding hydrogens is 490 g/mol. The Balaban J connectivity index is 1.27. The van der Waals surface area contributed by atoms with E-state index >= 15 is 0 Å². The number of benzene rings is 2. The zero-order valence-corrected chi connectivity index (χ0v) is 21.1. The van der Waals surface area contributed by atoms with Gasteiger partial charge in [0.2, 0.25) is 5.88 Å². The van der Waals surface area contributed by atoms with Gasteiger partial charge in [0.15, 0.2) is 0 Å². The lowest BCUT2D eigenvalue weighted by Gasteiger charge is -2.11. The molecule has 3 heterocycles. The summed E-state index contributed by atoms with van der Waals surface area (Å²) < 4.78 is 30.1. The molecule has 0 saturated carbocycles. The van der Waals surface area contributed by atoms with Crippen LogP contribution in [-0.2, 0) is 16.4 Å². The quantitative estimate of drug-likeness (QED) is 0.254. The van der Waals surface area contributed by atoms with Crippen LogP contribution in [0, 0.1) is 0 Å². The van der Waals surface area contributed by atoms with E-state index in [1.807, 2.05) is 47.3 Å². The molecule has 0 aliphatic heterocycles. The molecule has 0 saturated heterocycles. The van der Waals surface area contributed by atoms with Crippen LogP contribution in [0.2, 0.25) is 0 Å². The number of aromatic nitrogens is 5. The fourth-order valence-electron chi connectivity index (χ4n) is 3.91. The van der Waals surface area contributed by atoms with Crippen molar-refractivity contribution in [1.29, 1.82) is 0 Å². The summed E-state index contributed by atoms with van der Waals surface area (Å²) in [7, 11) is -2.98. The van der Waals surface area contributed by atoms with Gasteiger partial charge in [-0.05, 0) is 23.8 Å². The molecule has 0 bridgehead atoms. The molecule has 10 nitrogen and oxygen atoms in total. The van der Waals surface area contributed by atoms with Gasteiger partial charge >= 0.3 is 0 Å². The number of anilines is 2. The lowest BCUT2D eigenvalue weighted by atomic mass is 10.2. The molecule has 0 amide bonds. The van der Waals surface area contributed by atoms with E-state index in [9.17, 15) is 8.42 Å². The van der Waals surface area contributed by atoms with Gasteiger partial charge in [-0.1, -0.05) is 30.3 Å². The summed E-state index contributed by atoms with van der Waals surface area (Å²) in [5, 5.41) is 12.8. The van der Waals surface area contributed by atoms with Gasteiger partial charge in [0, 0.05) is 41.9 Å². The fraction of sp³-hybridized carbons (Fsp3) is 0.231. The predicted molar refractivity (Wildman–Crippen MR) is 144 cm³/mol. The molecule has 0 unspecified atom stereocenters. The van der Waals surface area contributed by atoms with Crippen LogP contribution in [0.25, 0.3) is 21.8 Å². The summed E-state index contributed by atoms with van der Waals surface area (Å²) in [4.78, 5) is 13.1. The highest BCUT2D eigenvalue weighted by atomic mass is 32.2. The van der Waals surface area contributed by atoms with Crippen LogP contribution in [0.4, 0.5) is 11.5 Å². The Bertz CT molecular complexity index is 1620. The number of rotatable bonds is 11. The lowest BCUT2D eigenvalue weighted by Crippen LogP contribution is -2.26. The Labute approximate surface area is 214 Å². The van der Waals surface area contributed by atoms with Crippen LogP contribution in [-0.4, -0.2) is 64.9 Å². The topological polar surface area (TPSA) is 124 Å². The molecule has 3 aromatic heterocycles. The van der Waals surface area contributed by atoms with E-state index in [-0.39, 0.29) is 5.75 Å². The summed E-state index contributed by atoms with van der Waals surface area (Å²) >= 11 is 0. The van der Waals surface area contributed by atoms with Crippen LogP contribution in [0.3, 0.4) is 0 Å². The number of nitrogens with zero attached hydrogens (tertiary/aromatic N) is 5. The van der Waals surface area contributed by atoms with Gasteiger partial charge in [-0.2, -0.15) is 5.10 Å². The summed E-state index contributed by atoms with van der Waals surface area (Å²) in [6.07, 6.45) is 6.22. The van der Waals surface area contributed by atoms with Gasteiger partial charge in [0.25, 0.3) is 0 Å². The van der Waals surface area contributed by atoms with E-state index in [2.05, 4.69) is 42.8 Å². The molecule has 2 N–H and O–H groups in total. The van der Waals surface area contributed by atoms with Crippen molar-refractivity contribution in [3.05, 3.63) is 78.9 Å². The number of hydrogen-bond acceptors (Lipinski definition) is 9. The monoisotopic (exact) mass is 517 g/mol. The third-order valence-electron chi connectivity index (χ3n) is 5.75. The number of fused-ring (bicyclic) bond motifs is 2. The van der Waals surface area contributed by atoms with E-state index < -0.39 is 9.84 Å². The minimum absolute atomic E-state index is 0.0905. The van der Waals surface area contributed by atoms with Crippen molar-refractivity contribution in [3.8, 4) is 5.88 Å². The Morgan fingerprint density at radius 2 is 1.84 bits per heavy atom. The summed E-state index contributed by atoms with van der Waals surface area (Å²) in [6.45, 7) is 1.94. The van der Waals surface area contributed by atoms with Gasteiger partial charge < -0.3 is 15.4 Å². The molecule has 0 spiro atoms. The highest BCUT2D eigenvalue weighted by molar-refractivity contribution is 7.90. The lowest BCUT2D eigenvalue weighted by molar-refractivity contribution is 0.304. The minimum atomic E-state index is -2.98. The Hall–Kier alpha value is -4.09. The molecule has 190 valence electrons. The smallest absolute Gasteiger partial charge is 0.214 e. The third kappa shape index (κ3) is 6.38. The van der Waals surface area contributed by atoms with Gasteiger partial charge in [-0.15, -0.1) is 0 Å². The maximum atomic E-state index is 11.2. The number of nitrogens with one attached hydrogen (secondary N) is 2. The first-order chi connectivity index (χ1) is 17.9. The summed E-state index contributed by atoms with van der Waals surface area (Å²) in [5.41, 5.74) is 3.81. The first-order valence-corrected chi connectivity index (χ1v) is 13.9. The van der Waals surface area contributed by atoms with E-state index in [1.165, 1.54) is 18.1 Å². The second-order valence-corrected chi connectivity index (χ2v) is 10.9. The van der Waals surface area contributed by atoms with Crippen LogP contribution < -0.4 is 15.4 Å². The number of pyridine rings is 1. The number of hydrogen-bond donors (Lipinski definition) is 2. The van der Waals surface area contributed by atoms with Crippen LogP contribution >= 0.6 is 0 Å². The van der Waals surface area contributed by atoms with Crippen molar-refractivity contribution in [3.63, 3.8) is 0 Å². The summed E-state index contributed by atoms with van der Waals surface area (Å²) in [5.74, 6) is 1.17. The molecule has 37 heavy (non-hydrogen) atoms. The zero-order chi connectivity index (χ0) is 25.7. The van der Waals surface area contributed by atoms with Gasteiger partial charge in [0.1, 0.15) is 28.6 Å². The fourth-order valence-corrected chi connectivity index (χ4v) is 4.43. The molecular formula is C26H27N7O3S. The SMILES string of the molecule is CS(=O)(=O)CCNCCOc1cc2c(Nc3ccc4c(cnn4Cc4ccccc4)c3)ncnc2cn1. The van der Waals surface area contributed by atoms with Crippen molar-refractivity contribution < 1.29 is 13.2 Å². The Morgan fingerprint density at radius 1 is 0.973 bits per heavy atom. The van der Waals surface area contributed by atoms with E-state index in [4.69, 9.17) is 4.74 Å². The normalized spacial score (nSPS) is 11.7. The standard InChI is InChI=1S/C26H27N7O3S/c1-37(34,35)12-10-27-9-11-36-25-14-22-23(16-28-25)29-18-30-26(22)32-21-7-8-24-20(13-21)15-31-33(24)17-19-5-3-2-4-6-19/h2-8,13-16,18,27H,9-12,17H2,1H3,(H,29,30,32). The molecule has 0 aliphatic rings. The summed E-state index contributed by atoms with van der Waals surface area (Å²) in [6, 6.07) is 18.1. The molecule has 2 aromatic carbocycles. The van der Waals surface area contributed by atoms with E-state index in [0.717, 1.165) is 22.0 Å². The minimum Gasteiger partial charge on any atom is -0.476 e.